The first-order valence-electron chi connectivity index (χ1n) is 5.77. The monoisotopic (exact) mass is 280 g/mol. The van der Waals surface area contributed by atoms with Gasteiger partial charge in [-0.1, -0.05) is 6.08 Å². The third-order valence-corrected chi connectivity index (χ3v) is 2.92. The predicted molar refractivity (Wildman–Crippen MR) is 68.4 cm³/mol. The summed E-state index contributed by atoms with van der Waals surface area (Å²) in [6, 6.07) is 0. The molecule has 0 rings (SSSR count). The molecule has 0 fully saturated rings. The number of carbonyl (C=O) groups excluding carboxylic acids is 1. The lowest BCUT2D eigenvalue weighted by Crippen LogP contribution is -2.33. The van der Waals surface area contributed by atoms with E-state index in [1.165, 1.54) is 0 Å². The Balaban J connectivity index is 4.25. The van der Waals surface area contributed by atoms with Crippen LogP contribution in [0.2, 0.25) is 0 Å². The van der Waals surface area contributed by atoms with E-state index in [2.05, 4.69) is 0 Å². The molecule has 0 aliphatic rings. The lowest BCUT2D eigenvalue weighted by Gasteiger charge is -2.26. The maximum atomic E-state index is 11.4. The first-order valence-corrected chi connectivity index (χ1v) is 6.31. The zero-order valence-electron chi connectivity index (χ0n) is 10.6. The number of hydrogen-bond donors (Lipinski definition) is 3. The summed E-state index contributed by atoms with van der Waals surface area (Å²) in [6.45, 7) is 0.880. The second-order valence-corrected chi connectivity index (χ2v) is 4.60. The van der Waals surface area contributed by atoms with Crippen LogP contribution in [-0.4, -0.2) is 53.6 Å². The molecule has 0 radical (unpaired) electrons. The van der Waals surface area contributed by atoms with Gasteiger partial charge in [0.25, 0.3) is 0 Å². The van der Waals surface area contributed by atoms with Crippen molar-refractivity contribution in [2.24, 2.45) is 5.41 Å². The quantitative estimate of drug-likeness (QED) is 0.324. The third-order valence-electron chi connectivity index (χ3n) is 2.76. The minimum Gasteiger partial charge on any atom is -0.461 e. The van der Waals surface area contributed by atoms with Crippen molar-refractivity contribution in [1.29, 1.82) is 0 Å². The number of halogens is 1. The summed E-state index contributed by atoms with van der Waals surface area (Å²) in [5.41, 5.74) is -0.459. The first kappa shape index (κ1) is 17.4. The van der Waals surface area contributed by atoms with E-state index < -0.39 is 11.4 Å². The Kier molecular flexibility index (Phi) is 9.01. The van der Waals surface area contributed by atoms with Crippen molar-refractivity contribution in [2.45, 2.75) is 19.8 Å². The van der Waals surface area contributed by atoms with Gasteiger partial charge in [-0.15, -0.1) is 11.6 Å². The molecule has 0 saturated carbocycles. The largest absolute Gasteiger partial charge is 0.461 e. The SMILES string of the molecule is CC(=CCCC(CO)(CO)CO)C(=O)OCCCl. The number of allylic oxidation sites excluding steroid dienone is 1. The summed E-state index contributed by atoms with van der Waals surface area (Å²) in [5, 5.41) is 27.4. The van der Waals surface area contributed by atoms with Crippen molar-refractivity contribution in [1.82, 2.24) is 0 Å². The Hall–Kier alpha value is -0.620. The lowest BCUT2D eigenvalue weighted by atomic mass is 9.85. The van der Waals surface area contributed by atoms with Crippen molar-refractivity contribution >= 4 is 17.6 Å². The number of aliphatic hydroxyl groups excluding tert-OH is 3. The normalized spacial score (nSPS) is 12.6. The second-order valence-electron chi connectivity index (χ2n) is 4.23. The molecule has 0 unspecified atom stereocenters. The number of ether oxygens (including phenoxy) is 1. The summed E-state index contributed by atoms with van der Waals surface area (Å²) in [6.07, 6.45) is 2.51. The fourth-order valence-corrected chi connectivity index (χ4v) is 1.39. The van der Waals surface area contributed by atoms with Crippen molar-refractivity contribution in [3.8, 4) is 0 Å². The average molecular weight is 281 g/mol. The van der Waals surface area contributed by atoms with Gasteiger partial charge in [0, 0.05) is 11.0 Å². The Morgan fingerprint density at radius 2 is 1.83 bits per heavy atom. The zero-order valence-corrected chi connectivity index (χ0v) is 11.3. The van der Waals surface area contributed by atoms with Crippen molar-refractivity contribution in [2.75, 3.05) is 32.3 Å². The summed E-state index contributed by atoms with van der Waals surface area (Å²) in [4.78, 5) is 11.4. The molecule has 6 heteroatoms. The van der Waals surface area contributed by atoms with Crippen LogP contribution in [0.3, 0.4) is 0 Å². The predicted octanol–water partition coefficient (Wildman–Crippen LogP) is 0.458. The van der Waals surface area contributed by atoms with Crippen LogP contribution in [0, 0.1) is 5.41 Å². The van der Waals surface area contributed by atoms with Gasteiger partial charge in [0.15, 0.2) is 0 Å². The van der Waals surface area contributed by atoms with Crippen LogP contribution in [0.5, 0.6) is 0 Å². The topological polar surface area (TPSA) is 87.0 Å². The molecule has 0 aromatic carbocycles. The van der Waals surface area contributed by atoms with E-state index in [-0.39, 0.29) is 32.3 Å². The summed E-state index contributed by atoms with van der Waals surface area (Å²) >= 11 is 5.39. The van der Waals surface area contributed by atoms with E-state index in [4.69, 9.17) is 31.7 Å². The molecular formula is C12H21ClO5. The van der Waals surface area contributed by atoms with Crippen LogP contribution < -0.4 is 0 Å². The van der Waals surface area contributed by atoms with E-state index in [9.17, 15) is 4.79 Å². The zero-order chi connectivity index (χ0) is 14.0. The van der Waals surface area contributed by atoms with Crippen LogP contribution in [0.25, 0.3) is 0 Å². The van der Waals surface area contributed by atoms with Crippen molar-refractivity contribution < 1.29 is 24.9 Å². The fourth-order valence-electron chi connectivity index (χ4n) is 1.31. The summed E-state index contributed by atoms with van der Waals surface area (Å²) in [5.74, 6) is -0.181. The van der Waals surface area contributed by atoms with E-state index >= 15 is 0 Å². The van der Waals surface area contributed by atoms with Gasteiger partial charge in [-0.25, -0.2) is 4.79 Å². The molecule has 0 spiro atoms. The Morgan fingerprint density at radius 3 is 2.28 bits per heavy atom. The molecule has 106 valence electrons. The number of carbonyl (C=O) groups is 1. The van der Waals surface area contributed by atoms with Gasteiger partial charge in [-0.3, -0.25) is 0 Å². The molecule has 0 aromatic rings. The van der Waals surface area contributed by atoms with Crippen LogP contribution >= 0.6 is 11.6 Å². The molecule has 5 nitrogen and oxygen atoms in total. The maximum absolute atomic E-state index is 11.4. The highest BCUT2D eigenvalue weighted by Gasteiger charge is 2.27. The third kappa shape index (κ3) is 5.82. The molecule has 3 N–H and O–H groups in total. The van der Waals surface area contributed by atoms with E-state index in [1.54, 1.807) is 13.0 Å². The molecule has 0 aliphatic heterocycles. The Morgan fingerprint density at radius 1 is 1.28 bits per heavy atom. The van der Waals surface area contributed by atoms with Crippen molar-refractivity contribution in [3.63, 3.8) is 0 Å². The Bertz CT molecular complexity index is 265. The first-order chi connectivity index (χ1) is 8.55. The van der Waals surface area contributed by atoms with Gasteiger partial charge in [0.1, 0.15) is 6.61 Å². The standard InChI is InChI=1S/C12H21ClO5/c1-10(11(17)18-6-5-13)3-2-4-12(7-14,8-15)9-16/h3,14-16H,2,4-9H2,1H3. The highest BCUT2D eigenvalue weighted by molar-refractivity contribution is 6.18. The lowest BCUT2D eigenvalue weighted by molar-refractivity contribution is -0.138. The van der Waals surface area contributed by atoms with Gasteiger partial charge in [-0.2, -0.15) is 0 Å². The van der Waals surface area contributed by atoms with E-state index in [0.29, 0.717) is 18.4 Å². The van der Waals surface area contributed by atoms with Crippen LogP contribution in [-0.2, 0) is 9.53 Å². The van der Waals surface area contributed by atoms with Gasteiger partial charge in [0.2, 0.25) is 0 Å². The molecule has 18 heavy (non-hydrogen) atoms. The highest BCUT2D eigenvalue weighted by atomic mass is 35.5. The van der Waals surface area contributed by atoms with Crippen LogP contribution in [0.1, 0.15) is 19.8 Å². The number of aliphatic hydroxyl groups is 3. The highest BCUT2D eigenvalue weighted by Crippen LogP contribution is 2.22. The minimum atomic E-state index is -0.906. The molecule has 0 bridgehead atoms. The smallest absolute Gasteiger partial charge is 0.333 e. The molecule has 0 aromatic heterocycles. The summed E-state index contributed by atoms with van der Waals surface area (Å²) in [7, 11) is 0. The van der Waals surface area contributed by atoms with Gasteiger partial charge < -0.3 is 20.1 Å². The van der Waals surface area contributed by atoms with E-state index in [0.717, 1.165) is 0 Å². The fraction of sp³-hybridized carbons (Fsp3) is 0.750. The number of hydrogen-bond acceptors (Lipinski definition) is 5. The molecule has 0 amide bonds. The van der Waals surface area contributed by atoms with Gasteiger partial charge in [0.05, 0.1) is 25.7 Å². The number of esters is 1. The molecule has 0 atom stereocenters. The minimum absolute atomic E-state index is 0.166. The van der Waals surface area contributed by atoms with Crippen LogP contribution in [0.15, 0.2) is 11.6 Å². The van der Waals surface area contributed by atoms with E-state index in [1.807, 2.05) is 0 Å². The number of alkyl halides is 1. The molecule has 0 saturated heterocycles. The maximum Gasteiger partial charge on any atom is 0.333 e. The van der Waals surface area contributed by atoms with Crippen molar-refractivity contribution in [3.05, 3.63) is 11.6 Å². The average Bonchev–Trinajstić information content (AvgIpc) is 2.41. The van der Waals surface area contributed by atoms with Gasteiger partial charge >= 0.3 is 5.97 Å². The summed E-state index contributed by atoms with van der Waals surface area (Å²) < 4.78 is 4.83. The van der Waals surface area contributed by atoms with Crippen LogP contribution in [0.4, 0.5) is 0 Å². The second kappa shape index (κ2) is 9.33. The molecule has 0 heterocycles. The van der Waals surface area contributed by atoms with Gasteiger partial charge in [-0.05, 0) is 19.8 Å². The number of rotatable bonds is 9. The molecule has 0 aliphatic carbocycles. The Labute approximate surface area is 112 Å². The molecular weight excluding hydrogens is 260 g/mol.